The Kier molecular flexibility index (Phi) is 31.5. The van der Waals surface area contributed by atoms with E-state index in [-0.39, 0.29) is 110 Å². The zero-order chi connectivity index (χ0) is 31.3. The Balaban J connectivity index is -0.000000117. The van der Waals surface area contributed by atoms with Crippen LogP contribution in [-0.2, 0) is 0 Å². The van der Waals surface area contributed by atoms with Crippen molar-refractivity contribution in [2.45, 2.75) is 157 Å². The van der Waals surface area contributed by atoms with Gasteiger partial charge < -0.3 is 9.30 Å². The Morgan fingerprint density at radius 2 is 0.600 bits per heavy atom. The van der Waals surface area contributed by atoms with E-state index in [9.17, 15) is 0 Å². The van der Waals surface area contributed by atoms with Gasteiger partial charge in [0.15, 0.2) is 0 Å². The Bertz CT molecular complexity index is 552. The molecular formula is C24H75BrCsIN4PbSi8. The number of nitrogens with one attached hydrogen (secondary N) is 1. The molecule has 0 rings (SSSR count). The number of nitrogens with zero attached hydrogens (tertiary/aromatic N) is 3. The zero-order valence-electron chi connectivity index (χ0n) is 32.2. The Labute approximate surface area is 364 Å². The van der Waals surface area contributed by atoms with E-state index in [4.69, 9.17) is 4.65 Å². The molecule has 242 valence electrons. The average molecular weight is 1190 g/mol. The largest absolute Gasteiger partial charge is 1.00 e. The quantitative estimate of drug-likeness (QED) is 0.178. The van der Waals surface area contributed by atoms with E-state index in [0.717, 1.165) is 0 Å². The Hall–Kier alpha value is 5.76. The van der Waals surface area contributed by atoms with E-state index >= 15 is 0 Å². The van der Waals surface area contributed by atoms with Crippen LogP contribution in [0.1, 0.15) is 0 Å². The van der Waals surface area contributed by atoms with E-state index in [0.29, 0.717) is 0 Å². The molecule has 0 heterocycles. The molecule has 16 heteroatoms. The summed E-state index contributed by atoms with van der Waals surface area (Å²) in [6, 6.07) is 0. The van der Waals surface area contributed by atoms with Crippen LogP contribution in [-0.4, -0.2) is 94.8 Å². The van der Waals surface area contributed by atoms with Crippen LogP contribution in [0, 0.1) is 0 Å². The third-order valence-corrected chi connectivity index (χ3v) is 65.4. The monoisotopic (exact) mass is 1190 g/mol. The summed E-state index contributed by atoms with van der Waals surface area (Å²) < 4.78 is 14.8. The van der Waals surface area contributed by atoms with Crippen molar-refractivity contribution in [3.8, 4) is 0 Å². The summed E-state index contributed by atoms with van der Waals surface area (Å²) in [5, 5.41) is 0. The molecule has 0 aromatic rings. The van der Waals surface area contributed by atoms with Gasteiger partial charge in [-0.1, -0.05) is 95.0 Å². The molecule has 0 aromatic carbocycles. The maximum Gasteiger partial charge on any atom is 1.00 e. The summed E-state index contributed by atoms with van der Waals surface area (Å²) in [7, 11) is -8.81. The summed E-state index contributed by atoms with van der Waals surface area (Å²) in [6.07, 6.45) is 0. The fourth-order valence-corrected chi connectivity index (χ4v) is 61.0. The minimum absolute atomic E-state index is 0. The predicted octanol–water partition coefficient (Wildman–Crippen LogP) is 7.94. The maximum atomic E-state index is 4.82. The van der Waals surface area contributed by atoms with Gasteiger partial charge in [0, 0.05) is 0 Å². The molecular weight excluding hydrogens is 1120 g/mol. The molecule has 0 amide bonds. The van der Waals surface area contributed by atoms with E-state index in [2.05, 4.69) is 166 Å². The van der Waals surface area contributed by atoms with Crippen LogP contribution < -0.4 is 73.5 Å². The molecule has 0 atom stereocenters. The molecule has 0 aromatic heterocycles. The van der Waals surface area contributed by atoms with E-state index in [1.54, 1.807) is 0 Å². The van der Waals surface area contributed by atoms with Gasteiger partial charge in [-0.25, -0.2) is 0 Å². The van der Waals surface area contributed by atoms with Gasteiger partial charge >= 0.3 is 209 Å². The van der Waals surface area contributed by atoms with Gasteiger partial charge in [0.25, 0.3) is 0 Å². The van der Waals surface area contributed by atoms with Gasteiger partial charge in [-0.2, -0.15) is 0 Å². The molecule has 1 N–H and O–H groups in total. The van der Waals surface area contributed by atoms with Gasteiger partial charge in [0.05, 0.1) is 0 Å². The van der Waals surface area contributed by atoms with Gasteiger partial charge in [-0.3, -0.25) is 0 Å². The average Bonchev–Trinajstić information content (AvgIpc) is 2.33. The minimum atomic E-state index is -1.16. The molecule has 0 aliphatic carbocycles. The number of rotatable bonds is 10. The van der Waals surface area contributed by atoms with Crippen LogP contribution in [0.2, 0.25) is 157 Å². The third kappa shape index (κ3) is 38.2. The van der Waals surface area contributed by atoms with Gasteiger partial charge in [-0.05, 0) is 0 Å². The smallest absolute Gasteiger partial charge is 0.107 e. The second kappa shape index (κ2) is 21.8. The van der Waals surface area contributed by atoms with Gasteiger partial charge in [0.2, 0.25) is 0 Å². The van der Waals surface area contributed by atoms with Crippen LogP contribution in [0.4, 0.5) is 0 Å². The fraction of sp³-hybridized carbons (Fsp3) is 1.00. The molecule has 0 aliphatic heterocycles. The Morgan fingerprint density at radius 1 is 0.425 bits per heavy atom. The summed E-state index contributed by atoms with van der Waals surface area (Å²) in [4.78, 5) is 0. The minimum Gasteiger partial charge on any atom is -0.107 e. The van der Waals surface area contributed by atoms with E-state index < -0.39 is 90.7 Å². The van der Waals surface area contributed by atoms with Crippen LogP contribution in [0.25, 0.3) is 4.65 Å². The summed E-state index contributed by atoms with van der Waals surface area (Å²) in [5.74, 6) is 0. The molecule has 40 heavy (non-hydrogen) atoms. The van der Waals surface area contributed by atoms with Crippen molar-refractivity contribution in [1.29, 1.82) is 0 Å². The standard InChI is InChI=1S/C6H19NSi2.3C6H18NSi2.BrH.Cs.HI.Pb/c4*1-8(2,3)7-9(4,5)6;;;;/h7H,1-6H3;3*1-6H3;1H;;1H;/q;3*-1;;+1;;+2. The molecule has 0 fully saturated rings. The van der Waals surface area contributed by atoms with Crippen LogP contribution in [0.3, 0.4) is 0 Å². The third-order valence-electron chi connectivity index (χ3n) is 4.30. The van der Waals surface area contributed by atoms with Crippen molar-refractivity contribution >= 4 is 132 Å². The molecule has 0 aliphatic rings. The molecule has 0 saturated carbocycles. The first-order chi connectivity index (χ1) is 15.4. The SMILES string of the molecule is Br.C[Si](C)(C)N[Si](C)(C)C.C[Si](C)(C)[N-][Si](C)(C)C.C[Si](C)(C)[N]([Pb][N]([Si](C)(C)C)[Si](C)(C)C)[Si](C)(C)C.I.[Cs+]. The zero-order valence-corrected chi connectivity index (χ0v) is 54.4. The van der Waals surface area contributed by atoms with Crippen molar-refractivity contribution in [3.63, 3.8) is 0 Å². The van der Waals surface area contributed by atoms with Crippen molar-refractivity contribution in [2.75, 3.05) is 0 Å². The summed E-state index contributed by atoms with van der Waals surface area (Å²) in [5.41, 5.74) is 0. The number of hydrogen-bond donors (Lipinski definition) is 1. The normalized spacial score (nSPS) is 13.7. The number of hydrogen-bond acceptors (Lipinski definition) is 3. The van der Waals surface area contributed by atoms with Gasteiger partial charge in [0.1, 0.15) is 16.5 Å². The Morgan fingerprint density at radius 3 is 0.650 bits per heavy atom. The van der Waals surface area contributed by atoms with E-state index in [1.807, 2.05) is 0 Å². The van der Waals surface area contributed by atoms with E-state index in [1.165, 1.54) is 0 Å². The number of halogens is 2. The predicted molar refractivity (Wildman–Crippen MR) is 228 cm³/mol. The van der Waals surface area contributed by atoms with Crippen LogP contribution >= 0.6 is 41.0 Å². The van der Waals surface area contributed by atoms with Crippen molar-refractivity contribution in [1.82, 2.24) is 8.73 Å². The topological polar surface area (TPSA) is 32.6 Å². The second-order valence-electron chi connectivity index (χ2n) is 18.5. The van der Waals surface area contributed by atoms with Crippen molar-refractivity contribution < 1.29 is 68.9 Å². The molecule has 4 nitrogen and oxygen atoms in total. The first-order valence-electron chi connectivity index (χ1n) is 14.3. The van der Waals surface area contributed by atoms with Gasteiger partial charge in [-0.15, -0.1) is 41.0 Å². The second-order valence-corrected chi connectivity index (χ2v) is 69.4. The molecule has 2 radical (unpaired) electrons. The first-order valence-corrected chi connectivity index (χ1v) is 45.4. The summed E-state index contributed by atoms with van der Waals surface area (Å²) >= 11 is -0.863. The molecule has 0 unspecified atom stereocenters. The molecule has 0 saturated heterocycles. The molecule has 0 spiro atoms. The summed E-state index contributed by atoms with van der Waals surface area (Å²) in [6.45, 7) is 58.6. The van der Waals surface area contributed by atoms with Crippen LogP contribution in [0.5, 0.6) is 0 Å². The maximum absolute atomic E-state index is 4.82. The first kappa shape index (κ1) is 58.0. The van der Waals surface area contributed by atoms with Crippen molar-refractivity contribution in [2.24, 2.45) is 0 Å². The fourth-order valence-electron chi connectivity index (χ4n) is 4.84. The van der Waals surface area contributed by atoms with Crippen LogP contribution in [0.15, 0.2) is 0 Å². The molecule has 0 bridgehead atoms. The van der Waals surface area contributed by atoms with Crippen molar-refractivity contribution in [3.05, 3.63) is 4.65 Å².